The molecule has 1 aliphatic heterocycles. The molecule has 5 N–H and O–H groups in total. The fraction of sp³-hybridized carbons (Fsp3) is 0.545. The Morgan fingerprint density at radius 2 is 2.35 bits per heavy atom. The highest BCUT2D eigenvalue weighted by molar-refractivity contribution is 5.48. The van der Waals surface area contributed by atoms with Gasteiger partial charge in [-0.3, -0.25) is 4.79 Å². The molecule has 1 aromatic heterocycles. The summed E-state index contributed by atoms with van der Waals surface area (Å²) in [6.45, 7) is 3.01. The van der Waals surface area contributed by atoms with Gasteiger partial charge in [-0.2, -0.15) is 0 Å². The molecule has 0 bridgehead atoms. The largest absolute Gasteiger partial charge is 0.397 e. The molecule has 6 nitrogen and oxygen atoms in total. The number of hydrogen-bond donors (Lipinski definition) is 3. The van der Waals surface area contributed by atoms with Crippen molar-refractivity contribution in [3.63, 3.8) is 0 Å². The molecule has 0 spiro atoms. The van der Waals surface area contributed by atoms with Gasteiger partial charge < -0.3 is 26.1 Å². The van der Waals surface area contributed by atoms with E-state index in [0.717, 1.165) is 26.1 Å². The van der Waals surface area contributed by atoms with E-state index >= 15 is 0 Å². The van der Waals surface area contributed by atoms with Crippen LogP contribution in [0, 0.1) is 0 Å². The Morgan fingerprint density at radius 3 is 3.06 bits per heavy atom. The van der Waals surface area contributed by atoms with Crippen LogP contribution in [0.5, 0.6) is 0 Å². The van der Waals surface area contributed by atoms with Crippen LogP contribution >= 0.6 is 0 Å². The lowest BCUT2D eigenvalue weighted by atomic mass is 10.2. The third-order valence-corrected chi connectivity index (χ3v) is 2.83. The normalized spacial score (nSPS) is 20.4. The SMILES string of the molecule is Nc1cc(N)c(=O)n(CCC2CNCCO2)c1. The number of hydrogen-bond acceptors (Lipinski definition) is 5. The van der Waals surface area contributed by atoms with Gasteiger partial charge in [-0.05, 0) is 12.5 Å². The Bertz CT molecular complexity index is 438. The standard InChI is InChI=1S/C11H18N4O2/c12-8-5-10(13)11(16)15(7-8)3-1-9-6-14-2-4-17-9/h5,7,9,14H,1-4,6,12-13H2. The lowest BCUT2D eigenvalue weighted by Crippen LogP contribution is -2.39. The van der Waals surface area contributed by atoms with E-state index in [1.165, 1.54) is 6.07 Å². The van der Waals surface area contributed by atoms with Crippen LogP contribution in [-0.4, -0.2) is 30.4 Å². The number of nitrogens with zero attached hydrogens (tertiary/aromatic N) is 1. The summed E-state index contributed by atoms with van der Waals surface area (Å²) in [5.41, 5.74) is 11.7. The van der Waals surface area contributed by atoms with Gasteiger partial charge in [0.25, 0.3) is 5.56 Å². The summed E-state index contributed by atoms with van der Waals surface area (Å²) >= 11 is 0. The Hall–Kier alpha value is -1.53. The van der Waals surface area contributed by atoms with Crippen LogP contribution in [0.15, 0.2) is 17.1 Å². The molecule has 6 heteroatoms. The van der Waals surface area contributed by atoms with Gasteiger partial charge in [0.05, 0.1) is 24.1 Å². The van der Waals surface area contributed by atoms with E-state index < -0.39 is 0 Å². The summed E-state index contributed by atoms with van der Waals surface area (Å²) in [5.74, 6) is 0. The van der Waals surface area contributed by atoms with Crippen LogP contribution in [0.3, 0.4) is 0 Å². The molecule has 0 aromatic carbocycles. The summed E-state index contributed by atoms with van der Waals surface area (Å²) in [5, 5.41) is 3.25. The second-order valence-electron chi connectivity index (χ2n) is 4.21. The van der Waals surface area contributed by atoms with Crippen molar-refractivity contribution in [3.05, 3.63) is 22.6 Å². The number of ether oxygens (including phenoxy) is 1. The molecule has 94 valence electrons. The van der Waals surface area contributed by atoms with E-state index in [0.29, 0.717) is 12.2 Å². The number of aromatic nitrogens is 1. The van der Waals surface area contributed by atoms with Gasteiger partial charge in [0.1, 0.15) is 0 Å². The molecule has 1 atom stereocenters. The molecule has 17 heavy (non-hydrogen) atoms. The average molecular weight is 238 g/mol. The highest BCUT2D eigenvalue weighted by atomic mass is 16.5. The van der Waals surface area contributed by atoms with E-state index in [4.69, 9.17) is 16.2 Å². The number of nitrogens with one attached hydrogen (secondary N) is 1. The van der Waals surface area contributed by atoms with Gasteiger partial charge in [0.2, 0.25) is 0 Å². The minimum atomic E-state index is -0.192. The van der Waals surface area contributed by atoms with Crippen molar-refractivity contribution in [1.29, 1.82) is 0 Å². The second kappa shape index (κ2) is 5.20. The zero-order chi connectivity index (χ0) is 12.3. The van der Waals surface area contributed by atoms with Gasteiger partial charge in [0, 0.05) is 25.8 Å². The summed E-state index contributed by atoms with van der Waals surface area (Å²) in [4.78, 5) is 11.7. The molecule has 0 radical (unpaired) electrons. The van der Waals surface area contributed by atoms with Crippen molar-refractivity contribution < 1.29 is 4.74 Å². The first kappa shape index (κ1) is 11.9. The van der Waals surface area contributed by atoms with Crippen molar-refractivity contribution in [2.24, 2.45) is 0 Å². The van der Waals surface area contributed by atoms with Crippen LogP contribution in [0.4, 0.5) is 11.4 Å². The molecule has 0 saturated carbocycles. The first-order valence-electron chi connectivity index (χ1n) is 5.74. The van der Waals surface area contributed by atoms with Crippen LogP contribution in [0.2, 0.25) is 0 Å². The zero-order valence-corrected chi connectivity index (χ0v) is 9.69. The molecule has 1 fully saturated rings. The number of rotatable bonds is 3. The fourth-order valence-corrected chi connectivity index (χ4v) is 1.94. The summed E-state index contributed by atoms with van der Waals surface area (Å²) in [6.07, 6.45) is 2.54. The van der Waals surface area contributed by atoms with Crippen LogP contribution in [0.25, 0.3) is 0 Å². The quantitative estimate of drug-likeness (QED) is 0.653. The maximum absolute atomic E-state index is 11.7. The first-order valence-corrected chi connectivity index (χ1v) is 5.74. The minimum Gasteiger partial charge on any atom is -0.397 e. The molecule has 2 heterocycles. The van der Waals surface area contributed by atoms with E-state index in [1.54, 1.807) is 10.8 Å². The number of anilines is 2. The van der Waals surface area contributed by atoms with Crippen molar-refractivity contribution in [2.45, 2.75) is 19.1 Å². The molecule has 1 aliphatic rings. The monoisotopic (exact) mass is 238 g/mol. The summed E-state index contributed by atoms with van der Waals surface area (Å²) < 4.78 is 7.10. The number of aryl methyl sites for hydroxylation is 1. The minimum absolute atomic E-state index is 0.151. The van der Waals surface area contributed by atoms with Crippen LogP contribution < -0.4 is 22.3 Å². The van der Waals surface area contributed by atoms with Gasteiger partial charge in [0.15, 0.2) is 0 Å². The molecular weight excluding hydrogens is 220 g/mol. The Labute approximate surface area is 99.5 Å². The van der Waals surface area contributed by atoms with Gasteiger partial charge in [-0.15, -0.1) is 0 Å². The van der Waals surface area contributed by atoms with E-state index in [2.05, 4.69) is 5.32 Å². The van der Waals surface area contributed by atoms with E-state index in [-0.39, 0.29) is 17.4 Å². The zero-order valence-electron chi connectivity index (χ0n) is 9.69. The second-order valence-corrected chi connectivity index (χ2v) is 4.21. The molecule has 2 rings (SSSR count). The highest BCUT2D eigenvalue weighted by Crippen LogP contribution is 2.06. The predicted octanol–water partition coefficient (Wildman–Crippen LogP) is -0.609. The molecule has 1 unspecified atom stereocenters. The maximum atomic E-state index is 11.7. The number of nitrogen functional groups attached to an aromatic ring is 2. The maximum Gasteiger partial charge on any atom is 0.273 e. The summed E-state index contributed by atoms with van der Waals surface area (Å²) in [6, 6.07) is 1.48. The summed E-state index contributed by atoms with van der Waals surface area (Å²) in [7, 11) is 0. The Balaban J connectivity index is 2.00. The fourth-order valence-electron chi connectivity index (χ4n) is 1.94. The first-order chi connectivity index (χ1) is 8.16. The van der Waals surface area contributed by atoms with Gasteiger partial charge in [-0.1, -0.05) is 0 Å². The molecule has 0 aliphatic carbocycles. The van der Waals surface area contributed by atoms with Gasteiger partial charge >= 0.3 is 0 Å². The Morgan fingerprint density at radius 1 is 1.53 bits per heavy atom. The number of morpholine rings is 1. The number of nitrogens with two attached hydrogens (primary N) is 2. The van der Waals surface area contributed by atoms with Crippen molar-refractivity contribution in [3.8, 4) is 0 Å². The lowest BCUT2D eigenvalue weighted by molar-refractivity contribution is 0.0209. The topological polar surface area (TPSA) is 95.3 Å². The van der Waals surface area contributed by atoms with Crippen LogP contribution in [-0.2, 0) is 11.3 Å². The predicted molar refractivity (Wildman–Crippen MR) is 66.8 cm³/mol. The number of pyridine rings is 1. The van der Waals surface area contributed by atoms with Crippen LogP contribution in [0.1, 0.15) is 6.42 Å². The third kappa shape index (κ3) is 2.98. The molecular formula is C11H18N4O2. The van der Waals surface area contributed by atoms with Crippen molar-refractivity contribution in [2.75, 3.05) is 31.2 Å². The molecule has 1 aromatic rings. The molecule has 1 saturated heterocycles. The van der Waals surface area contributed by atoms with E-state index in [1.807, 2.05) is 0 Å². The molecule has 0 amide bonds. The smallest absolute Gasteiger partial charge is 0.273 e. The lowest BCUT2D eigenvalue weighted by Gasteiger charge is -2.23. The van der Waals surface area contributed by atoms with Crippen molar-refractivity contribution in [1.82, 2.24) is 9.88 Å². The van der Waals surface area contributed by atoms with Gasteiger partial charge in [-0.25, -0.2) is 0 Å². The van der Waals surface area contributed by atoms with Crippen molar-refractivity contribution >= 4 is 11.4 Å². The average Bonchev–Trinajstić information content (AvgIpc) is 2.33. The Kier molecular flexibility index (Phi) is 3.65. The third-order valence-electron chi connectivity index (χ3n) is 2.83. The highest BCUT2D eigenvalue weighted by Gasteiger charge is 2.13. The van der Waals surface area contributed by atoms with E-state index in [9.17, 15) is 4.79 Å².